The molecule has 1 fully saturated rings. The largest absolute Gasteiger partial charge is 0.414 e. The summed E-state index contributed by atoms with van der Waals surface area (Å²) in [5.41, 5.74) is 6.17. The number of hydrogen-bond donors (Lipinski definition) is 1. The van der Waals surface area contributed by atoms with E-state index in [9.17, 15) is 4.79 Å². The van der Waals surface area contributed by atoms with E-state index in [0.29, 0.717) is 13.0 Å². The Morgan fingerprint density at radius 1 is 1.13 bits per heavy atom. The Balaban J connectivity index is 2.31. The summed E-state index contributed by atoms with van der Waals surface area (Å²) in [6.07, 6.45) is 1.50. The highest BCUT2D eigenvalue weighted by Gasteiger charge is 2.46. The van der Waals surface area contributed by atoms with Crippen molar-refractivity contribution in [1.82, 2.24) is 9.55 Å². The van der Waals surface area contributed by atoms with Gasteiger partial charge in [-0.25, -0.2) is 4.79 Å². The maximum atomic E-state index is 12.5. The second-order valence-corrected chi connectivity index (χ2v) is 21.4. The molecule has 0 aromatic carbocycles. The first kappa shape index (κ1) is 26.2. The van der Waals surface area contributed by atoms with Crippen molar-refractivity contribution in [3.8, 4) is 0 Å². The molecule has 0 aliphatic carbocycles. The molecular weight excluding hydrogens is 426 g/mol. The number of nitrogens with two attached hydrogens (primary N) is 1. The number of rotatable bonds is 6. The van der Waals surface area contributed by atoms with Crippen molar-refractivity contribution in [3.63, 3.8) is 0 Å². The normalized spacial score (nSPS) is 23.4. The maximum absolute atomic E-state index is 12.5. The van der Waals surface area contributed by atoms with Crippen LogP contribution in [0.4, 0.5) is 5.82 Å². The van der Waals surface area contributed by atoms with Crippen LogP contribution < -0.4 is 11.4 Å². The molecule has 0 radical (unpaired) electrons. The average Bonchev–Trinajstić information content (AvgIpc) is 2.96. The predicted molar refractivity (Wildman–Crippen MR) is 131 cm³/mol. The van der Waals surface area contributed by atoms with Gasteiger partial charge in [0.25, 0.3) is 0 Å². The van der Waals surface area contributed by atoms with Crippen molar-refractivity contribution in [3.05, 3.63) is 22.2 Å². The number of ether oxygens (including phenoxy) is 1. The molecule has 0 spiro atoms. The third-order valence-corrected chi connectivity index (χ3v) is 16.3. The molecule has 1 aromatic heterocycles. The van der Waals surface area contributed by atoms with E-state index in [-0.39, 0.29) is 28.1 Å². The van der Waals surface area contributed by atoms with Crippen molar-refractivity contribution in [2.45, 2.75) is 110 Å². The third-order valence-electron chi connectivity index (χ3n) is 7.33. The predicted octanol–water partition coefficient (Wildman–Crippen LogP) is 4.83. The fourth-order valence-electron chi connectivity index (χ4n) is 2.99. The van der Waals surface area contributed by atoms with Gasteiger partial charge in [-0.15, -0.1) is 0 Å². The quantitative estimate of drug-likeness (QED) is 0.600. The molecule has 31 heavy (non-hydrogen) atoms. The summed E-state index contributed by atoms with van der Waals surface area (Å²) in [4.78, 5) is 16.5. The molecule has 1 aromatic rings. The summed E-state index contributed by atoms with van der Waals surface area (Å²) in [6.45, 7) is 24.6. The monoisotopic (exact) mass is 469 g/mol. The molecule has 1 saturated heterocycles. The second kappa shape index (κ2) is 8.74. The average molecular weight is 470 g/mol. The Hall–Kier alpha value is -1.01. The molecular formula is C22H43N3O4Si2. The van der Waals surface area contributed by atoms with Gasteiger partial charge in [-0.2, -0.15) is 4.98 Å². The smallest absolute Gasteiger partial charge is 0.351 e. The Morgan fingerprint density at radius 3 is 2.19 bits per heavy atom. The van der Waals surface area contributed by atoms with Gasteiger partial charge in [0.15, 0.2) is 16.6 Å². The molecule has 1 aliphatic rings. The van der Waals surface area contributed by atoms with Crippen molar-refractivity contribution < 1.29 is 13.6 Å². The standard InChI is InChI=1S/C22H43N3O4Si2/c1-15-13-25(20(26)24-19(15)23)18-12-16(29-31(10,11)22(5,6)7)17(28-18)14-27-30(8,9)21(2,3)4/h13,16-18H,12,14H2,1-11H3,(H2,23,24,26)/t16-,17+,18-/m0/s1. The summed E-state index contributed by atoms with van der Waals surface area (Å²) >= 11 is 0. The van der Waals surface area contributed by atoms with Crippen molar-refractivity contribution in [2.24, 2.45) is 0 Å². The van der Waals surface area contributed by atoms with Crippen LogP contribution in [0.2, 0.25) is 36.3 Å². The first-order chi connectivity index (χ1) is 13.9. The SMILES string of the molecule is Cc1cn([C@@H]2C[C@H](O[Si](C)(C)C(C)(C)C)[C@@H](CO[Si](C)(C)C(C)(C)C)O2)c(=O)nc1N. The number of nitrogens with zero attached hydrogens (tertiary/aromatic N) is 2. The van der Waals surface area contributed by atoms with Crippen LogP contribution in [0.25, 0.3) is 0 Å². The van der Waals surface area contributed by atoms with Gasteiger partial charge < -0.3 is 19.3 Å². The molecule has 0 unspecified atom stereocenters. The van der Waals surface area contributed by atoms with Crippen LogP contribution in [0.3, 0.4) is 0 Å². The molecule has 0 bridgehead atoms. The Morgan fingerprint density at radius 2 is 1.68 bits per heavy atom. The fraction of sp³-hybridized carbons (Fsp3) is 0.818. The van der Waals surface area contributed by atoms with Crippen LogP contribution >= 0.6 is 0 Å². The molecule has 7 nitrogen and oxygen atoms in total. The summed E-state index contributed by atoms with van der Waals surface area (Å²) in [5.74, 6) is 0.256. The lowest BCUT2D eigenvalue weighted by atomic mass is 10.2. The van der Waals surface area contributed by atoms with Gasteiger partial charge in [0.05, 0.1) is 12.7 Å². The minimum atomic E-state index is -2.03. The Kier molecular flexibility index (Phi) is 7.40. The summed E-state index contributed by atoms with van der Waals surface area (Å²) in [5, 5.41) is 0.182. The second-order valence-electron chi connectivity index (χ2n) is 11.9. The molecule has 2 rings (SSSR count). The van der Waals surface area contributed by atoms with E-state index in [1.165, 1.54) is 0 Å². The molecule has 178 valence electrons. The van der Waals surface area contributed by atoms with Gasteiger partial charge in [-0.05, 0) is 43.2 Å². The zero-order chi connectivity index (χ0) is 24.0. The fourth-order valence-corrected chi connectivity index (χ4v) is 5.37. The van der Waals surface area contributed by atoms with E-state index in [4.69, 9.17) is 19.3 Å². The van der Waals surface area contributed by atoms with E-state index in [1.807, 2.05) is 6.92 Å². The Labute approximate surface area is 189 Å². The zero-order valence-corrected chi connectivity index (χ0v) is 23.3. The molecule has 2 N–H and O–H groups in total. The van der Waals surface area contributed by atoms with Gasteiger partial charge >= 0.3 is 5.69 Å². The number of nitrogen functional groups attached to an aromatic ring is 1. The lowest BCUT2D eigenvalue weighted by Gasteiger charge is -2.40. The lowest BCUT2D eigenvalue weighted by Crippen LogP contribution is -2.48. The van der Waals surface area contributed by atoms with E-state index >= 15 is 0 Å². The minimum absolute atomic E-state index is 0.0755. The highest BCUT2D eigenvalue weighted by atomic mass is 28.4. The van der Waals surface area contributed by atoms with Gasteiger partial charge in [0.2, 0.25) is 0 Å². The van der Waals surface area contributed by atoms with Gasteiger partial charge in [-0.1, -0.05) is 41.5 Å². The van der Waals surface area contributed by atoms with Crippen LogP contribution in [-0.2, 0) is 13.6 Å². The van der Waals surface area contributed by atoms with Crippen LogP contribution in [0.1, 0.15) is 59.8 Å². The highest BCUT2D eigenvalue weighted by molar-refractivity contribution is 6.74. The van der Waals surface area contributed by atoms with E-state index in [1.54, 1.807) is 10.8 Å². The number of hydrogen-bond acceptors (Lipinski definition) is 6. The maximum Gasteiger partial charge on any atom is 0.351 e. The summed E-state index contributed by atoms with van der Waals surface area (Å²) in [6, 6.07) is 0. The summed E-state index contributed by atoms with van der Waals surface area (Å²) in [7, 11) is -3.98. The minimum Gasteiger partial charge on any atom is -0.414 e. The van der Waals surface area contributed by atoms with Gasteiger partial charge in [-0.3, -0.25) is 4.57 Å². The van der Waals surface area contributed by atoms with Crippen molar-refractivity contribution >= 4 is 22.5 Å². The van der Waals surface area contributed by atoms with E-state index < -0.39 is 28.6 Å². The molecule has 9 heteroatoms. The van der Waals surface area contributed by atoms with Crippen LogP contribution in [0.5, 0.6) is 0 Å². The number of aromatic nitrogens is 2. The Bertz CT molecular complexity index is 841. The van der Waals surface area contributed by atoms with Crippen LogP contribution in [0, 0.1) is 6.92 Å². The van der Waals surface area contributed by atoms with Crippen molar-refractivity contribution in [1.29, 1.82) is 0 Å². The molecule has 2 heterocycles. The van der Waals surface area contributed by atoms with E-state index in [0.717, 1.165) is 5.56 Å². The lowest BCUT2D eigenvalue weighted by molar-refractivity contribution is -0.0412. The van der Waals surface area contributed by atoms with Crippen LogP contribution in [-0.4, -0.2) is 45.0 Å². The first-order valence-electron chi connectivity index (χ1n) is 11.2. The van der Waals surface area contributed by atoms with Crippen LogP contribution in [0.15, 0.2) is 11.0 Å². The third kappa shape index (κ3) is 5.87. The number of anilines is 1. The summed E-state index contributed by atoms with van der Waals surface area (Å²) < 4.78 is 21.2. The van der Waals surface area contributed by atoms with Gasteiger partial charge in [0.1, 0.15) is 18.1 Å². The van der Waals surface area contributed by atoms with Gasteiger partial charge in [0, 0.05) is 18.2 Å². The zero-order valence-electron chi connectivity index (χ0n) is 21.3. The molecule has 3 atom stereocenters. The van der Waals surface area contributed by atoms with E-state index in [2.05, 4.69) is 72.7 Å². The highest BCUT2D eigenvalue weighted by Crippen LogP contribution is 2.42. The molecule has 0 saturated carbocycles. The van der Waals surface area contributed by atoms with Crippen molar-refractivity contribution in [2.75, 3.05) is 12.3 Å². The molecule has 0 amide bonds. The number of aryl methyl sites for hydroxylation is 1. The first-order valence-corrected chi connectivity index (χ1v) is 17.0. The topological polar surface area (TPSA) is 88.6 Å². The molecule has 1 aliphatic heterocycles.